The first-order valence-corrected chi connectivity index (χ1v) is 8.78. The number of hydrogen-bond donors (Lipinski definition) is 0. The van der Waals surface area contributed by atoms with Gasteiger partial charge < -0.3 is 9.64 Å². The molecule has 4 nitrogen and oxygen atoms in total. The van der Waals surface area contributed by atoms with Gasteiger partial charge in [0.2, 0.25) is 0 Å². The summed E-state index contributed by atoms with van der Waals surface area (Å²) in [6.45, 7) is 3.28. The van der Waals surface area contributed by atoms with Crippen LogP contribution in [0.15, 0.2) is 48.8 Å². The summed E-state index contributed by atoms with van der Waals surface area (Å²) in [7, 11) is 0. The van der Waals surface area contributed by atoms with Crippen LogP contribution in [0, 0.1) is 5.82 Å². The topological polar surface area (TPSA) is 42.4 Å². The number of halogens is 1. The average Bonchev–Trinajstić information content (AvgIpc) is 3.18. The lowest BCUT2D eigenvalue weighted by atomic mass is 9.97. The number of ether oxygens (including phenoxy) is 1. The molecule has 5 heteroatoms. The quantitative estimate of drug-likeness (QED) is 0.803. The number of nitrogens with zero attached hydrogens (tertiary/aromatic N) is 2. The summed E-state index contributed by atoms with van der Waals surface area (Å²) in [5.74, 6) is -0.293. The van der Waals surface area contributed by atoms with Crippen molar-refractivity contribution in [2.45, 2.75) is 38.3 Å². The molecule has 2 heterocycles. The van der Waals surface area contributed by atoms with Gasteiger partial charge in [-0.3, -0.25) is 9.78 Å². The number of amides is 1. The van der Waals surface area contributed by atoms with Crippen molar-refractivity contribution >= 4 is 5.91 Å². The highest BCUT2D eigenvalue weighted by atomic mass is 19.1. The fourth-order valence-corrected chi connectivity index (χ4v) is 3.30. The number of rotatable bonds is 6. The number of carbonyl (C=O) groups excluding carboxylic acids is 1. The van der Waals surface area contributed by atoms with Crippen molar-refractivity contribution in [1.29, 1.82) is 0 Å². The van der Waals surface area contributed by atoms with Crippen LogP contribution in [-0.4, -0.2) is 35.0 Å². The number of benzene rings is 1. The van der Waals surface area contributed by atoms with E-state index in [-0.39, 0.29) is 23.9 Å². The minimum absolute atomic E-state index is 0.00229. The van der Waals surface area contributed by atoms with Gasteiger partial charge in [0, 0.05) is 25.5 Å². The molecule has 0 radical (unpaired) electrons. The Bertz CT molecular complexity index is 685. The molecule has 0 saturated carbocycles. The molecule has 1 saturated heterocycles. The second-order valence-corrected chi connectivity index (χ2v) is 6.27. The summed E-state index contributed by atoms with van der Waals surface area (Å²) in [5.41, 5.74) is 1.78. The standard InChI is InChI=1S/C20H23FN2O2/c1-2-12-23(20(24)18-6-4-13-25-18)19(16-5-3-11-22-14-16)15-7-9-17(21)10-8-15/h3,5,7-11,14,18-19H,2,4,6,12-13H2,1H3. The molecule has 1 aromatic heterocycles. The molecule has 0 aliphatic carbocycles. The minimum Gasteiger partial charge on any atom is -0.368 e. The molecule has 0 bridgehead atoms. The maximum absolute atomic E-state index is 13.4. The zero-order valence-electron chi connectivity index (χ0n) is 14.4. The fourth-order valence-electron chi connectivity index (χ4n) is 3.30. The average molecular weight is 342 g/mol. The van der Waals surface area contributed by atoms with Gasteiger partial charge >= 0.3 is 0 Å². The van der Waals surface area contributed by atoms with Crippen LogP contribution in [-0.2, 0) is 9.53 Å². The first-order valence-electron chi connectivity index (χ1n) is 8.78. The zero-order valence-corrected chi connectivity index (χ0v) is 14.4. The Morgan fingerprint density at radius 3 is 2.72 bits per heavy atom. The van der Waals surface area contributed by atoms with E-state index in [1.54, 1.807) is 24.5 Å². The van der Waals surface area contributed by atoms with E-state index < -0.39 is 0 Å². The molecule has 1 amide bonds. The van der Waals surface area contributed by atoms with E-state index in [0.29, 0.717) is 13.2 Å². The van der Waals surface area contributed by atoms with E-state index in [1.807, 2.05) is 24.0 Å². The van der Waals surface area contributed by atoms with Crippen LogP contribution in [0.2, 0.25) is 0 Å². The van der Waals surface area contributed by atoms with Crippen molar-refractivity contribution in [2.24, 2.45) is 0 Å². The van der Waals surface area contributed by atoms with Crippen molar-refractivity contribution in [3.8, 4) is 0 Å². The van der Waals surface area contributed by atoms with Gasteiger partial charge in [0.05, 0.1) is 6.04 Å². The van der Waals surface area contributed by atoms with Crippen molar-refractivity contribution in [2.75, 3.05) is 13.2 Å². The largest absolute Gasteiger partial charge is 0.368 e. The fraction of sp³-hybridized carbons (Fsp3) is 0.400. The first-order chi connectivity index (χ1) is 12.2. The lowest BCUT2D eigenvalue weighted by molar-refractivity contribution is -0.142. The Hall–Kier alpha value is -2.27. The van der Waals surface area contributed by atoms with Crippen LogP contribution in [0.5, 0.6) is 0 Å². The van der Waals surface area contributed by atoms with Gasteiger partial charge in [-0.25, -0.2) is 4.39 Å². The van der Waals surface area contributed by atoms with Crippen LogP contribution >= 0.6 is 0 Å². The van der Waals surface area contributed by atoms with Crippen LogP contribution < -0.4 is 0 Å². The molecular weight excluding hydrogens is 319 g/mol. The molecule has 0 N–H and O–H groups in total. The molecule has 1 aliphatic heterocycles. The summed E-state index contributed by atoms with van der Waals surface area (Å²) in [5, 5.41) is 0. The molecule has 1 fully saturated rings. The molecule has 3 rings (SSSR count). The van der Waals surface area contributed by atoms with Gasteiger partial charge in [0.25, 0.3) is 5.91 Å². The summed E-state index contributed by atoms with van der Waals surface area (Å²) in [4.78, 5) is 19.1. The van der Waals surface area contributed by atoms with E-state index in [1.165, 1.54) is 12.1 Å². The van der Waals surface area contributed by atoms with Gasteiger partial charge in [-0.2, -0.15) is 0 Å². The maximum atomic E-state index is 13.4. The van der Waals surface area contributed by atoms with Crippen LogP contribution in [0.4, 0.5) is 4.39 Å². The monoisotopic (exact) mass is 342 g/mol. The summed E-state index contributed by atoms with van der Waals surface area (Å²) in [6.07, 6.45) is 5.58. The van der Waals surface area contributed by atoms with Crippen molar-refractivity contribution in [1.82, 2.24) is 9.88 Å². The highest BCUT2D eigenvalue weighted by Crippen LogP contribution is 2.30. The lowest BCUT2D eigenvalue weighted by Gasteiger charge is -2.34. The van der Waals surface area contributed by atoms with E-state index in [4.69, 9.17) is 4.74 Å². The molecule has 25 heavy (non-hydrogen) atoms. The van der Waals surface area contributed by atoms with Gasteiger partial charge in [0.1, 0.15) is 11.9 Å². The number of hydrogen-bond acceptors (Lipinski definition) is 3. The van der Waals surface area contributed by atoms with Crippen molar-refractivity contribution in [3.05, 3.63) is 65.7 Å². The number of carbonyl (C=O) groups is 1. The molecule has 1 aliphatic rings. The summed E-state index contributed by atoms with van der Waals surface area (Å²) in [6, 6.07) is 9.83. The van der Waals surface area contributed by atoms with Gasteiger partial charge in [-0.15, -0.1) is 0 Å². The van der Waals surface area contributed by atoms with Gasteiger partial charge in [-0.1, -0.05) is 25.1 Å². The highest BCUT2D eigenvalue weighted by molar-refractivity contribution is 5.82. The smallest absolute Gasteiger partial charge is 0.252 e. The minimum atomic E-state index is -0.383. The third-order valence-electron chi connectivity index (χ3n) is 4.45. The Morgan fingerprint density at radius 1 is 1.32 bits per heavy atom. The zero-order chi connectivity index (χ0) is 17.6. The molecule has 132 valence electrons. The Balaban J connectivity index is 2.00. The maximum Gasteiger partial charge on any atom is 0.252 e. The Kier molecular flexibility index (Phi) is 5.76. The van der Waals surface area contributed by atoms with Crippen LogP contribution in [0.25, 0.3) is 0 Å². The van der Waals surface area contributed by atoms with Crippen molar-refractivity contribution < 1.29 is 13.9 Å². The first kappa shape index (κ1) is 17.5. The van der Waals surface area contributed by atoms with Gasteiger partial charge in [-0.05, 0) is 48.6 Å². The molecule has 2 aromatic rings. The molecule has 2 unspecified atom stereocenters. The number of pyridine rings is 1. The second-order valence-electron chi connectivity index (χ2n) is 6.27. The predicted molar refractivity (Wildman–Crippen MR) is 93.5 cm³/mol. The Morgan fingerprint density at radius 2 is 2.12 bits per heavy atom. The van der Waals surface area contributed by atoms with E-state index in [0.717, 1.165) is 30.4 Å². The van der Waals surface area contributed by atoms with Crippen LogP contribution in [0.1, 0.15) is 43.4 Å². The predicted octanol–water partition coefficient (Wildman–Crippen LogP) is 3.73. The molecule has 0 spiro atoms. The normalized spacial score (nSPS) is 18.1. The third kappa shape index (κ3) is 4.04. The van der Waals surface area contributed by atoms with E-state index >= 15 is 0 Å². The lowest BCUT2D eigenvalue weighted by Crippen LogP contribution is -2.42. The SMILES string of the molecule is CCCN(C(=O)C1CCCO1)C(c1ccc(F)cc1)c1cccnc1. The molecular formula is C20H23FN2O2. The van der Waals surface area contributed by atoms with E-state index in [2.05, 4.69) is 4.98 Å². The molecule has 1 aromatic carbocycles. The summed E-state index contributed by atoms with van der Waals surface area (Å²) >= 11 is 0. The Labute approximate surface area is 147 Å². The van der Waals surface area contributed by atoms with Crippen LogP contribution in [0.3, 0.4) is 0 Å². The highest BCUT2D eigenvalue weighted by Gasteiger charge is 2.33. The van der Waals surface area contributed by atoms with Crippen molar-refractivity contribution in [3.63, 3.8) is 0 Å². The second kappa shape index (κ2) is 8.21. The third-order valence-corrected chi connectivity index (χ3v) is 4.45. The number of aromatic nitrogens is 1. The molecule has 2 atom stereocenters. The summed E-state index contributed by atoms with van der Waals surface area (Å²) < 4.78 is 19.0. The van der Waals surface area contributed by atoms with E-state index in [9.17, 15) is 9.18 Å². The van der Waals surface area contributed by atoms with Gasteiger partial charge in [0.15, 0.2) is 0 Å².